The highest BCUT2D eigenvalue weighted by molar-refractivity contribution is 5.87. The van der Waals surface area contributed by atoms with Gasteiger partial charge in [-0.15, -0.1) is 0 Å². The van der Waals surface area contributed by atoms with E-state index in [4.69, 9.17) is 9.15 Å². The normalized spacial score (nSPS) is 13.9. The van der Waals surface area contributed by atoms with E-state index in [0.29, 0.717) is 11.8 Å². The number of imidazole rings is 1. The molecule has 6 nitrogen and oxygen atoms in total. The average Bonchev–Trinajstić information content (AvgIpc) is 3.30. The third kappa shape index (κ3) is 2.68. The minimum Gasteiger partial charge on any atom is -0.464 e. The molecule has 0 unspecified atom stereocenters. The maximum absolute atomic E-state index is 6.24. The molecule has 30 heavy (non-hydrogen) atoms. The Hall–Kier alpha value is -3.67. The minimum atomic E-state index is 0.563. The zero-order valence-electron chi connectivity index (χ0n) is 16.8. The summed E-state index contributed by atoms with van der Waals surface area (Å²) >= 11 is 0. The number of hydrogen-bond donors (Lipinski definition) is 0. The van der Waals surface area contributed by atoms with Crippen LogP contribution in [0.3, 0.4) is 0 Å². The van der Waals surface area contributed by atoms with Crippen molar-refractivity contribution in [3.63, 3.8) is 0 Å². The number of pyridine rings is 1. The Morgan fingerprint density at radius 2 is 1.97 bits per heavy atom. The maximum Gasteiger partial charge on any atom is 0.230 e. The Kier molecular flexibility index (Phi) is 3.68. The SMILES string of the molecule is Cc1cc(Oc2nccc3occ(C4CC4)c23)ccc1-c1c(C)ncc2nccn12. The van der Waals surface area contributed by atoms with Gasteiger partial charge >= 0.3 is 0 Å². The van der Waals surface area contributed by atoms with Gasteiger partial charge in [-0.3, -0.25) is 9.38 Å². The molecule has 0 bridgehead atoms. The first-order chi connectivity index (χ1) is 14.7. The summed E-state index contributed by atoms with van der Waals surface area (Å²) in [6, 6.07) is 7.99. The number of furan rings is 1. The van der Waals surface area contributed by atoms with Gasteiger partial charge in [0.05, 0.1) is 29.2 Å². The lowest BCUT2D eigenvalue weighted by atomic mass is 10.0. The summed E-state index contributed by atoms with van der Waals surface area (Å²) in [5, 5.41) is 0.991. The van der Waals surface area contributed by atoms with Crippen molar-refractivity contribution in [2.45, 2.75) is 32.6 Å². The summed E-state index contributed by atoms with van der Waals surface area (Å²) in [4.78, 5) is 13.4. The molecule has 0 aliphatic heterocycles. The van der Waals surface area contributed by atoms with Gasteiger partial charge in [0.1, 0.15) is 11.3 Å². The summed E-state index contributed by atoms with van der Waals surface area (Å²) in [5.74, 6) is 1.92. The van der Waals surface area contributed by atoms with Crippen LogP contribution >= 0.6 is 0 Å². The van der Waals surface area contributed by atoms with E-state index in [1.807, 2.05) is 37.6 Å². The number of hydrogen-bond acceptors (Lipinski definition) is 5. The van der Waals surface area contributed by atoms with Crippen molar-refractivity contribution in [3.8, 4) is 22.9 Å². The number of nitrogens with zero attached hydrogens (tertiary/aromatic N) is 4. The van der Waals surface area contributed by atoms with Crippen molar-refractivity contribution in [1.82, 2.24) is 19.4 Å². The van der Waals surface area contributed by atoms with Gasteiger partial charge in [-0.05, 0) is 56.4 Å². The quantitative estimate of drug-likeness (QED) is 0.383. The van der Waals surface area contributed by atoms with Gasteiger partial charge < -0.3 is 9.15 Å². The summed E-state index contributed by atoms with van der Waals surface area (Å²) in [7, 11) is 0. The van der Waals surface area contributed by atoms with Gasteiger partial charge in [0, 0.05) is 35.8 Å². The van der Waals surface area contributed by atoms with Crippen LogP contribution < -0.4 is 4.74 Å². The van der Waals surface area contributed by atoms with E-state index in [2.05, 4.69) is 32.3 Å². The number of aromatic nitrogens is 4. The molecule has 1 aliphatic carbocycles. The lowest BCUT2D eigenvalue weighted by Gasteiger charge is -2.13. The Bertz CT molecular complexity index is 1410. The molecule has 4 aromatic heterocycles. The van der Waals surface area contributed by atoms with Gasteiger partial charge in [0.2, 0.25) is 5.88 Å². The van der Waals surface area contributed by atoms with E-state index in [-0.39, 0.29) is 0 Å². The number of benzene rings is 1. The molecule has 6 heteroatoms. The molecule has 0 radical (unpaired) electrons. The smallest absolute Gasteiger partial charge is 0.230 e. The van der Waals surface area contributed by atoms with Crippen LogP contribution in [0.2, 0.25) is 0 Å². The fourth-order valence-corrected chi connectivity index (χ4v) is 4.14. The fraction of sp³-hybridized carbons (Fsp3) is 0.208. The highest BCUT2D eigenvalue weighted by Crippen LogP contribution is 2.46. The maximum atomic E-state index is 6.24. The molecular formula is C24H20N4O2. The first-order valence-corrected chi connectivity index (χ1v) is 10.1. The Morgan fingerprint density at radius 1 is 1.07 bits per heavy atom. The summed E-state index contributed by atoms with van der Waals surface area (Å²) < 4.78 is 14.0. The highest BCUT2D eigenvalue weighted by Gasteiger charge is 2.29. The highest BCUT2D eigenvalue weighted by atomic mass is 16.5. The summed E-state index contributed by atoms with van der Waals surface area (Å²) in [6.45, 7) is 4.10. The number of aryl methyl sites for hydroxylation is 2. The molecule has 1 aliphatic rings. The van der Waals surface area contributed by atoms with Crippen molar-refractivity contribution in [1.29, 1.82) is 0 Å². The second-order valence-corrected chi connectivity index (χ2v) is 7.88. The molecule has 0 saturated heterocycles. The van der Waals surface area contributed by atoms with Crippen molar-refractivity contribution in [2.24, 2.45) is 0 Å². The van der Waals surface area contributed by atoms with Crippen LogP contribution in [-0.2, 0) is 0 Å². The molecule has 0 atom stereocenters. The molecule has 0 amide bonds. The second-order valence-electron chi connectivity index (χ2n) is 7.88. The number of rotatable bonds is 4. The van der Waals surface area contributed by atoms with Crippen LogP contribution in [0.1, 0.15) is 35.6 Å². The zero-order chi connectivity index (χ0) is 20.2. The standard InChI is InChI=1S/C24H20N4O2/c1-14-11-17(5-6-18(14)23-15(2)27-12-21-25-9-10-28(21)23)30-24-22-19(16-3-4-16)13-29-20(22)7-8-26-24/h5-13,16H,3-4H2,1-2H3. The molecule has 1 aromatic carbocycles. The van der Waals surface area contributed by atoms with Crippen molar-refractivity contribution < 1.29 is 9.15 Å². The Labute approximate surface area is 173 Å². The Morgan fingerprint density at radius 3 is 2.80 bits per heavy atom. The molecular weight excluding hydrogens is 376 g/mol. The van der Waals surface area contributed by atoms with Gasteiger partial charge in [-0.2, -0.15) is 0 Å². The van der Waals surface area contributed by atoms with Crippen LogP contribution in [0.25, 0.3) is 27.9 Å². The van der Waals surface area contributed by atoms with E-state index in [1.165, 1.54) is 18.4 Å². The van der Waals surface area contributed by atoms with Crippen LogP contribution in [-0.4, -0.2) is 19.4 Å². The van der Waals surface area contributed by atoms with Gasteiger partial charge in [0.15, 0.2) is 5.65 Å². The van der Waals surface area contributed by atoms with E-state index in [1.54, 1.807) is 18.6 Å². The van der Waals surface area contributed by atoms with Gasteiger partial charge in [0.25, 0.3) is 0 Å². The molecule has 0 spiro atoms. The largest absolute Gasteiger partial charge is 0.464 e. The average molecular weight is 396 g/mol. The first kappa shape index (κ1) is 17.2. The van der Waals surface area contributed by atoms with Crippen LogP contribution in [0.15, 0.2) is 59.7 Å². The van der Waals surface area contributed by atoms with E-state index >= 15 is 0 Å². The van der Waals surface area contributed by atoms with E-state index in [0.717, 1.165) is 44.9 Å². The lowest BCUT2D eigenvalue weighted by Crippen LogP contribution is -1.99. The molecule has 1 fully saturated rings. The second kappa shape index (κ2) is 6.42. The van der Waals surface area contributed by atoms with Crippen molar-refractivity contribution >= 4 is 16.6 Å². The third-order valence-electron chi connectivity index (χ3n) is 5.79. The predicted octanol–water partition coefficient (Wildman–Crippen LogP) is 5.82. The zero-order valence-corrected chi connectivity index (χ0v) is 16.8. The van der Waals surface area contributed by atoms with Crippen molar-refractivity contribution in [2.75, 3.05) is 0 Å². The van der Waals surface area contributed by atoms with E-state index in [9.17, 15) is 0 Å². The minimum absolute atomic E-state index is 0.563. The summed E-state index contributed by atoms with van der Waals surface area (Å²) in [5.41, 5.74) is 7.05. The fourth-order valence-electron chi connectivity index (χ4n) is 4.14. The molecule has 1 saturated carbocycles. The predicted molar refractivity (Wildman–Crippen MR) is 114 cm³/mol. The molecule has 148 valence electrons. The first-order valence-electron chi connectivity index (χ1n) is 10.1. The third-order valence-corrected chi connectivity index (χ3v) is 5.79. The van der Waals surface area contributed by atoms with Gasteiger partial charge in [-0.1, -0.05) is 0 Å². The van der Waals surface area contributed by atoms with E-state index < -0.39 is 0 Å². The molecule has 5 aromatic rings. The molecule has 6 rings (SSSR count). The molecule has 4 heterocycles. The molecule has 0 N–H and O–H groups in total. The van der Waals surface area contributed by atoms with Crippen LogP contribution in [0.5, 0.6) is 11.6 Å². The number of ether oxygens (including phenoxy) is 1. The Balaban J connectivity index is 1.41. The van der Waals surface area contributed by atoms with Crippen LogP contribution in [0.4, 0.5) is 0 Å². The monoisotopic (exact) mass is 396 g/mol. The lowest BCUT2D eigenvalue weighted by molar-refractivity contribution is 0.468. The van der Waals surface area contributed by atoms with Crippen LogP contribution in [0, 0.1) is 13.8 Å². The van der Waals surface area contributed by atoms with Gasteiger partial charge in [-0.25, -0.2) is 9.97 Å². The number of fused-ring (bicyclic) bond motifs is 2. The van der Waals surface area contributed by atoms with Crippen molar-refractivity contribution in [3.05, 3.63) is 72.1 Å². The topological polar surface area (TPSA) is 65.5 Å². The summed E-state index contributed by atoms with van der Waals surface area (Å²) in [6.07, 6.45) is 11.5.